The minimum atomic E-state index is -0.825. The van der Waals surface area contributed by atoms with Gasteiger partial charge in [-0.25, -0.2) is 0 Å². The number of benzene rings is 1. The first kappa shape index (κ1) is 11.1. The SMILES string of the molecule is Cc1cccc(C(=O)N2C[C@@H](O)[C@@H](O)C2)c1. The average Bonchev–Trinajstić information content (AvgIpc) is 2.58. The Morgan fingerprint density at radius 1 is 1.31 bits per heavy atom. The van der Waals surface area contributed by atoms with Gasteiger partial charge in [-0.3, -0.25) is 4.79 Å². The van der Waals surface area contributed by atoms with Gasteiger partial charge in [0, 0.05) is 18.7 Å². The highest BCUT2D eigenvalue weighted by Gasteiger charge is 2.32. The zero-order chi connectivity index (χ0) is 11.7. The molecule has 0 bridgehead atoms. The fraction of sp³-hybridized carbons (Fsp3) is 0.417. The zero-order valence-corrected chi connectivity index (χ0v) is 9.13. The first-order chi connectivity index (χ1) is 7.58. The lowest BCUT2D eigenvalue weighted by Crippen LogP contribution is -2.29. The minimum absolute atomic E-state index is 0.140. The third-order valence-electron chi connectivity index (χ3n) is 2.81. The third kappa shape index (κ3) is 2.08. The van der Waals surface area contributed by atoms with Crippen LogP contribution >= 0.6 is 0 Å². The number of hydrogen-bond donors (Lipinski definition) is 2. The molecular formula is C12H15NO3. The summed E-state index contributed by atoms with van der Waals surface area (Å²) >= 11 is 0. The van der Waals surface area contributed by atoms with Crippen molar-refractivity contribution in [1.82, 2.24) is 4.90 Å². The van der Waals surface area contributed by atoms with E-state index in [1.807, 2.05) is 19.1 Å². The Bertz CT molecular complexity index is 395. The number of likely N-dealkylation sites (tertiary alicyclic amines) is 1. The molecule has 2 rings (SSSR count). The molecule has 1 amide bonds. The zero-order valence-electron chi connectivity index (χ0n) is 9.13. The molecule has 1 aromatic rings. The van der Waals surface area contributed by atoms with Crippen LogP contribution in [0.25, 0.3) is 0 Å². The molecule has 1 aliphatic heterocycles. The lowest BCUT2D eigenvalue weighted by atomic mass is 10.1. The molecule has 1 saturated heterocycles. The van der Waals surface area contributed by atoms with Crippen LogP contribution in [0, 0.1) is 6.92 Å². The van der Waals surface area contributed by atoms with Gasteiger partial charge in [-0.05, 0) is 19.1 Å². The maximum atomic E-state index is 12.0. The van der Waals surface area contributed by atoms with Gasteiger partial charge in [0.15, 0.2) is 0 Å². The van der Waals surface area contributed by atoms with Crippen molar-refractivity contribution in [2.24, 2.45) is 0 Å². The largest absolute Gasteiger partial charge is 0.388 e. The van der Waals surface area contributed by atoms with E-state index >= 15 is 0 Å². The van der Waals surface area contributed by atoms with E-state index in [1.54, 1.807) is 12.1 Å². The van der Waals surface area contributed by atoms with Gasteiger partial charge in [0.05, 0.1) is 12.2 Å². The van der Waals surface area contributed by atoms with E-state index in [9.17, 15) is 15.0 Å². The first-order valence-electron chi connectivity index (χ1n) is 5.30. The Balaban J connectivity index is 2.14. The van der Waals surface area contributed by atoms with Crippen molar-refractivity contribution < 1.29 is 15.0 Å². The number of aliphatic hydroxyl groups is 2. The smallest absolute Gasteiger partial charge is 0.254 e. The van der Waals surface area contributed by atoms with E-state index in [1.165, 1.54) is 4.90 Å². The molecule has 16 heavy (non-hydrogen) atoms. The number of rotatable bonds is 1. The highest BCUT2D eigenvalue weighted by Crippen LogP contribution is 2.14. The predicted octanol–water partition coefficient (Wildman–Crippen LogP) is 0.173. The second kappa shape index (κ2) is 4.23. The number of hydrogen-bond acceptors (Lipinski definition) is 3. The summed E-state index contributed by atoms with van der Waals surface area (Å²) in [7, 11) is 0. The van der Waals surface area contributed by atoms with Crippen LogP contribution in [-0.2, 0) is 0 Å². The van der Waals surface area contributed by atoms with Crippen LogP contribution in [0.15, 0.2) is 24.3 Å². The summed E-state index contributed by atoms with van der Waals surface area (Å²) in [6.45, 7) is 2.33. The maximum absolute atomic E-state index is 12.0. The van der Waals surface area contributed by atoms with Gasteiger partial charge in [-0.2, -0.15) is 0 Å². The van der Waals surface area contributed by atoms with Crippen LogP contribution in [0.5, 0.6) is 0 Å². The normalized spacial score (nSPS) is 24.8. The Morgan fingerprint density at radius 2 is 1.94 bits per heavy atom. The van der Waals surface area contributed by atoms with Gasteiger partial charge >= 0.3 is 0 Å². The van der Waals surface area contributed by atoms with E-state index < -0.39 is 12.2 Å². The molecule has 4 nitrogen and oxygen atoms in total. The Labute approximate surface area is 94.1 Å². The molecule has 1 fully saturated rings. The molecule has 1 heterocycles. The minimum Gasteiger partial charge on any atom is -0.388 e. The standard InChI is InChI=1S/C12H15NO3/c1-8-3-2-4-9(5-8)12(16)13-6-10(14)11(15)7-13/h2-5,10-11,14-15H,6-7H2,1H3/t10-,11+. The fourth-order valence-corrected chi connectivity index (χ4v) is 1.90. The summed E-state index contributed by atoms with van der Waals surface area (Å²) in [6.07, 6.45) is -1.65. The summed E-state index contributed by atoms with van der Waals surface area (Å²) in [5.74, 6) is -0.140. The van der Waals surface area contributed by atoms with E-state index in [4.69, 9.17) is 0 Å². The second-order valence-electron chi connectivity index (χ2n) is 4.21. The summed E-state index contributed by atoms with van der Waals surface area (Å²) < 4.78 is 0. The third-order valence-corrected chi connectivity index (χ3v) is 2.81. The van der Waals surface area contributed by atoms with Gasteiger partial charge in [0.2, 0.25) is 0 Å². The average molecular weight is 221 g/mol. The van der Waals surface area contributed by atoms with Crippen molar-refractivity contribution >= 4 is 5.91 Å². The van der Waals surface area contributed by atoms with Gasteiger partial charge in [-0.1, -0.05) is 17.7 Å². The van der Waals surface area contributed by atoms with Crippen molar-refractivity contribution in [3.05, 3.63) is 35.4 Å². The number of amides is 1. The van der Waals surface area contributed by atoms with Crippen molar-refractivity contribution in [1.29, 1.82) is 0 Å². The van der Waals surface area contributed by atoms with E-state index in [2.05, 4.69) is 0 Å². The van der Waals surface area contributed by atoms with Crippen LogP contribution in [0.3, 0.4) is 0 Å². The van der Waals surface area contributed by atoms with Gasteiger partial charge in [-0.15, -0.1) is 0 Å². The summed E-state index contributed by atoms with van der Waals surface area (Å²) in [5.41, 5.74) is 1.62. The molecule has 86 valence electrons. The molecular weight excluding hydrogens is 206 g/mol. The highest BCUT2D eigenvalue weighted by atomic mass is 16.3. The summed E-state index contributed by atoms with van der Waals surface area (Å²) in [4.78, 5) is 13.5. The maximum Gasteiger partial charge on any atom is 0.254 e. The van der Waals surface area contributed by atoms with Gasteiger partial charge < -0.3 is 15.1 Å². The van der Waals surface area contributed by atoms with Gasteiger partial charge in [0.25, 0.3) is 5.91 Å². The van der Waals surface area contributed by atoms with Crippen LogP contribution in [0.2, 0.25) is 0 Å². The van der Waals surface area contributed by atoms with Crippen molar-refractivity contribution in [2.45, 2.75) is 19.1 Å². The van der Waals surface area contributed by atoms with Gasteiger partial charge in [0.1, 0.15) is 0 Å². The number of nitrogens with zero attached hydrogens (tertiary/aromatic N) is 1. The van der Waals surface area contributed by atoms with Crippen LogP contribution in [0.4, 0.5) is 0 Å². The van der Waals surface area contributed by atoms with Crippen LogP contribution in [0.1, 0.15) is 15.9 Å². The Hall–Kier alpha value is -1.39. The monoisotopic (exact) mass is 221 g/mol. The van der Waals surface area contributed by atoms with Crippen molar-refractivity contribution in [3.63, 3.8) is 0 Å². The molecule has 0 unspecified atom stereocenters. The number of aryl methyl sites for hydroxylation is 1. The summed E-state index contributed by atoms with van der Waals surface area (Å²) in [5, 5.41) is 18.7. The Morgan fingerprint density at radius 3 is 2.50 bits per heavy atom. The summed E-state index contributed by atoms with van der Waals surface area (Å²) in [6, 6.07) is 7.29. The molecule has 0 saturated carbocycles. The molecule has 0 aliphatic carbocycles. The van der Waals surface area contributed by atoms with Crippen LogP contribution < -0.4 is 0 Å². The first-order valence-corrected chi connectivity index (χ1v) is 5.30. The fourth-order valence-electron chi connectivity index (χ4n) is 1.90. The van der Waals surface area contributed by atoms with Crippen LogP contribution in [-0.4, -0.2) is 46.3 Å². The van der Waals surface area contributed by atoms with Crippen molar-refractivity contribution in [3.8, 4) is 0 Å². The topological polar surface area (TPSA) is 60.8 Å². The molecule has 4 heteroatoms. The molecule has 1 aliphatic rings. The molecule has 0 radical (unpaired) electrons. The molecule has 2 N–H and O–H groups in total. The van der Waals surface area contributed by atoms with Crippen molar-refractivity contribution in [2.75, 3.05) is 13.1 Å². The number of carbonyl (C=O) groups excluding carboxylic acids is 1. The lowest BCUT2D eigenvalue weighted by Gasteiger charge is -2.15. The molecule has 2 atom stereocenters. The highest BCUT2D eigenvalue weighted by molar-refractivity contribution is 5.94. The molecule has 0 spiro atoms. The Kier molecular flexibility index (Phi) is 2.94. The van der Waals surface area contributed by atoms with E-state index in [0.717, 1.165) is 5.56 Å². The van der Waals surface area contributed by atoms with E-state index in [0.29, 0.717) is 5.56 Å². The lowest BCUT2D eigenvalue weighted by molar-refractivity contribution is 0.0572. The van der Waals surface area contributed by atoms with E-state index in [-0.39, 0.29) is 19.0 Å². The number of carbonyl (C=O) groups is 1. The number of aliphatic hydroxyl groups excluding tert-OH is 2. The second-order valence-corrected chi connectivity index (χ2v) is 4.21. The predicted molar refractivity (Wildman–Crippen MR) is 59.1 cm³/mol. The molecule has 0 aromatic heterocycles. The molecule has 1 aromatic carbocycles. The number of β-amino-alcohol motifs (C(OH)–C–C–N with tert-alkyl or cyclic N) is 2. The quantitative estimate of drug-likeness (QED) is 0.710.